The molecule has 154 valence electrons. The summed E-state index contributed by atoms with van der Waals surface area (Å²) in [7, 11) is 0. The first-order valence-electron chi connectivity index (χ1n) is 11.0. The number of rotatable bonds is 10. The second kappa shape index (κ2) is 9.11. The average Bonchev–Trinajstić information content (AvgIpc) is 3.53. The van der Waals surface area contributed by atoms with E-state index in [0.29, 0.717) is 23.7 Å². The first-order valence-corrected chi connectivity index (χ1v) is 11.0. The van der Waals surface area contributed by atoms with E-state index in [1.165, 1.54) is 12.8 Å². The molecule has 0 spiro atoms. The van der Waals surface area contributed by atoms with Crippen LogP contribution in [0.15, 0.2) is 24.3 Å². The zero-order chi connectivity index (χ0) is 20.3. The van der Waals surface area contributed by atoms with Crippen LogP contribution in [-0.4, -0.2) is 11.8 Å². The predicted molar refractivity (Wildman–Crippen MR) is 115 cm³/mol. The summed E-state index contributed by atoms with van der Waals surface area (Å²) in [5.41, 5.74) is 1.61. The van der Waals surface area contributed by atoms with Gasteiger partial charge in [0.1, 0.15) is 0 Å². The SMILES string of the molecule is CC(C)CC[C@H]1C[C@H]1C(=O)Nc1ccc(NC(=O)[C@@H]2C[C@@H]2CCC(C)C)cc1. The van der Waals surface area contributed by atoms with E-state index >= 15 is 0 Å². The highest BCUT2D eigenvalue weighted by atomic mass is 16.2. The molecule has 0 aliphatic heterocycles. The van der Waals surface area contributed by atoms with Gasteiger partial charge in [0.05, 0.1) is 0 Å². The van der Waals surface area contributed by atoms with E-state index < -0.39 is 0 Å². The molecule has 28 heavy (non-hydrogen) atoms. The van der Waals surface area contributed by atoms with Crippen LogP contribution >= 0.6 is 0 Å². The van der Waals surface area contributed by atoms with Crippen LogP contribution < -0.4 is 10.6 Å². The van der Waals surface area contributed by atoms with Crippen molar-refractivity contribution in [1.29, 1.82) is 0 Å². The summed E-state index contributed by atoms with van der Waals surface area (Å²) in [6.45, 7) is 8.92. The van der Waals surface area contributed by atoms with Crippen LogP contribution in [0.3, 0.4) is 0 Å². The lowest BCUT2D eigenvalue weighted by Crippen LogP contribution is -2.16. The molecule has 2 aliphatic rings. The Morgan fingerprint density at radius 3 is 1.46 bits per heavy atom. The number of carbonyl (C=O) groups is 2. The van der Waals surface area contributed by atoms with Gasteiger partial charge in [0.15, 0.2) is 0 Å². The monoisotopic (exact) mass is 384 g/mol. The molecule has 0 aromatic heterocycles. The van der Waals surface area contributed by atoms with Crippen LogP contribution in [0, 0.1) is 35.5 Å². The molecule has 3 rings (SSSR count). The van der Waals surface area contributed by atoms with E-state index in [1.807, 2.05) is 24.3 Å². The maximum Gasteiger partial charge on any atom is 0.227 e. The number of nitrogens with one attached hydrogen (secondary N) is 2. The lowest BCUT2D eigenvalue weighted by Gasteiger charge is -2.09. The molecule has 0 heterocycles. The first kappa shape index (κ1) is 20.9. The molecule has 0 unspecified atom stereocenters. The van der Waals surface area contributed by atoms with Crippen molar-refractivity contribution in [2.75, 3.05) is 10.6 Å². The second-order valence-corrected chi connectivity index (χ2v) is 9.70. The van der Waals surface area contributed by atoms with E-state index in [2.05, 4.69) is 38.3 Å². The normalized spacial score (nSPS) is 25.6. The third-order valence-electron chi connectivity index (χ3n) is 6.17. The Kier molecular flexibility index (Phi) is 6.79. The molecule has 2 N–H and O–H groups in total. The molecular formula is C24H36N2O2. The minimum absolute atomic E-state index is 0.136. The molecule has 4 atom stereocenters. The van der Waals surface area contributed by atoms with Gasteiger partial charge in [-0.15, -0.1) is 0 Å². The van der Waals surface area contributed by atoms with Gasteiger partial charge >= 0.3 is 0 Å². The van der Waals surface area contributed by atoms with E-state index in [9.17, 15) is 9.59 Å². The number of anilines is 2. The van der Waals surface area contributed by atoms with Crippen LogP contribution in [0.25, 0.3) is 0 Å². The summed E-state index contributed by atoms with van der Waals surface area (Å²) in [5, 5.41) is 6.04. The van der Waals surface area contributed by atoms with Gasteiger partial charge in [-0.25, -0.2) is 0 Å². The number of hydrogen-bond donors (Lipinski definition) is 2. The van der Waals surface area contributed by atoms with Gasteiger partial charge in [-0.1, -0.05) is 40.5 Å². The molecule has 2 saturated carbocycles. The van der Waals surface area contributed by atoms with Crippen molar-refractivity contribution in [3.63, 3.8) is 0 Å². The molecule has 0 bridgehead atoms. The van der Waals surface area contributed by atoms with Crippen molar-refractivity contribution in [2.45, 2.75) is 66.2 Å². The lowest BCUT2D eigenvalue weighted by atomic mass is 10.0. The molecule has 4 heteroatoms. The summed E-state index contributed by atoms with van der Waals surface area (Å²) in [4.78, 5) is 24.7. The van der Waals surface area contributed by atoms with Crippen LogP contribution in [0.5, 0.6) is 0 Å². The highest BCUT2D eigenvalue weighted by Crippen LogP contribution is 2.44. The van der Waals surface area contributed by atoms with Gasteiger partial charge in [0.25, 0.3) is 0 Å². The van der Waals surface area contributed by atoms with Gasteiger partial charge in [0.2, 0.25) is 11.8 Å². The highest BCUT2D eigenvalue weighted by molar-refractivity contribution is 5.96. The zero-order valence-corrected chi connectivity index (χ0v) is 17.8. The van der Waals surface area contributed by atoms with Crippen molar-refractivity contribution in [1.82, 2.24) is 0 Å². The number of benzene rings is 1. The molecule has 0 saturated heterocycles. The predicted octanol–water partition coefficient (Wildman–Crippen LogP) is 5.71. The Morgan fingerprint density at radius 1 is 0.786 bits per heavy atom. The maximum atomic E-state index is 12.4. The Hall–Kier alpha value is -1.84. The molecule has 2 aliphatic carbocycles. The number of amides is 2. The van der Waals surface area contributed by atoms with Crippen LogP contribution in [0.2, 0.25) is 0 Å². The fraction of sp³-hybridized carbons (Fsp3) is 0.667. The maximum absolute atomic E-state index is 12.4. The highest BCUT2D eigenvalue weighted by Gasteiger charge is 2.43. The summed E-state index contributed by atoms with van der Waals surface area (Å²) in [5.74, 6) is 3.15. The van der Waals surface area contributed by atoms with Gasteiger partial charge in [-0.05, 0) is 73.6 Å². The Balaban J connectivity index is 1.39. The van der Waals surface area contributed by atoms with Crippen molar-refractivity contribution in [3.8, 4) is 0 Å². The Labute approximate surface area is 169 Å². The largest absolute Gasteiger partial charge is 0.326 e. The Bertz CT molecular complexity index is 621. The number of carbonyl (C=O) groups excluding carboxylic acids is 2. The average molecular weight is 385 g/mol. The number of hydrogen-bond acceptors (Lipinski definition) is 2. The summed E-state index contributed by atoms with van der Waals surface area (Å²) < 4.78 is 0. The molecule has 0 radical (unpaired) electrons. The zero-order valence-electron chi connectivity index (χ0n) is 17.8. The topological polar surface area (TPSA) is 58.2 Å². The van der Waals surface area contributed by atoms with Gasteiger partial charge in [-0.2, -0.15) is 0 Å². The smallest absolute Gasteiger partial charge is 0.227 e. The third kappa shape index (κ3) is 6.08. The lowest BCUT2D eigenvalue weighted by molar-refractivity contribution is -0.118. The van der Waals surface area contributed by atoms with Gasteiger partial charge in [-0.3, -0.25) is 9.59 Å². The fourth-order valence-corrected chi connectivity index (χ4v) is 3.98. The molecular weight excluding hydrogens is 348 g/mol. The Morgan fingerprint density at radius 2 is 1.14 bits per heavy atom. The van der Waals surface area contributed by atoms with Crippen molar-refractivity contribution in [2.24, 2.45) is 35.5 Å². The standard InChI is InChI=1S/C24H36N2O2/c1-15(2)5-7-17-13-21(17)23(27)25-19-9-11-20(12-10-19)26-24(28)22-14-18(22)8-6-16(3)4/h9-12,15-18,21-22H,5-8,13-14H2,1-4H3,(H,25,27)(H,26,28)/t17-,18-,21+,22+/m0/s1. The van der Waals surface area contributed by atoms with Gasteiger partial charge in [0, 0.05) is 23.2 Å². The minimum Gasteiger partial charge on any atom is -0.326 e. The molecule has 1 aromatic rings. The van der Waals surface area contributed by atoms with E-state index in [4.69, 9.17) is 0 Å². The third-order valence-corrected chi connectivity index (χ3v) is 6.17. The summed E-state index contributed by atoms with van der Waals surface area (Å²) in [6, 6.07) is 7.51. The fourth-order valence-electron chi connectivity index (χ4n) is 3.98. The van der Waals surface area contributed by atoms with Crippen LogP contribution in [0.1, 0.15) is 66.2 Å². The van der Waals surface area contributed by atoms with E-state index in [-0.39, 0.29) is 23.7 Å². The molecule has 4 nitrogen and oxygen atoms in total. The van der Waals surface area contributed by atoms with E-state index in [0.717, 1.165) is 37.1 Å². The van der Waals surface area contributed by atoms with Crippen LogP contribution in [-0.2, 0) is 9.59 Å². The summed E-state index contributed by atoms with van der Waals surface area (Å²) >= 11 is 0. The van der Waals surface area contributed by atoms with E-state index in [1.54, 1.807) is 0 Å². The minimum atomic E-state index is 0.136. The first-order chi connectivity index (χ1) is 13.3. The van der Waals surface area contributed by atoms with Gasteiger partial charge < -0.3 is 10.6 Å². The molecule has 2 fully saturated rings. The molecule has 2 amide bonds. The second-order valence-electron chi connectivity index (χ2n) is 9.70. The van der Waals surface area contributed by atoms with Crippen LogP contribution in [0.4, 0.5) is 11.4 Å². The molecule has 1 aromatic carbocycles. The van der Waals surface area contributed by atoms with Crippen molar-refractivity contribution >= 4 is 23.2 Å². The summed E-state index contributed by atoms with van der Waals surface area (Å²) in [6.07, 6.45) is 6.74. The van der Waals surface area contributed by atoms with Crippen molar-refractivity contribution < 1.29 is 9.59 Å². The quantitative estimate of drug-likeness (QED) is 0.543. The van der Waals surface area contributed by atoms with Crippen molar-refractivity contribution in [3.05, 3.63) is 24.3 Å².